The summed E-state index contributed by atoms with van der Waals surface area (Å²) in [4.78, 5) is 21.2. The highest BCUT2D eigenvalue weighted by molar-refractivity contribution is 5.96. The molecule has 0 heterocycles. The minimum absolute atomic E-state index is 0.0787. The summed E-state index contributed by atoms with van der Waals surface area (Å²) in [5.41, 5.74) is -0.876. The van der Waals surface area contributed by atoms with Crippen LogP contribution in [0, 0.1) is 12.7 Å². The number of benzene rings is 1. The molecular weight excluding hydrogens is 279 g/mol. The van der Waals surface area contributed by atoms with E-state index in [2.05, 4.69) is 6.92 Å². The van der Waals surface area contributed by atoms with Gasteiger partial charge in [0.05, 0.1) is 11.1 Å². The average molecular weight is 300 g/mol. The van der Waals surface area contributed by atoms with E-state index in [4.69, 9.17) is 15.3 Å². The number of carbonyl (C=O) groups is 2. The molecule has 0 aliphatic heterocycles. The largest absolute Gasteiger partial charge is 0.478 e. The lowest BCUT2D eigenvalue weighted by Gasteiger charge is -2.05. The van der Waals surface area contributed by atoms with E-state index in [1.54, 1.807) is 0 Å². The van der Waals surface area contributed by atoms with Gasteiger partial charge in [-0.1, -0.05) is 26.2 Å². The van der Waals surface area contributed by atoms with Gasteiger partial charge in [-0.05, 0) is 31.0 Å². The number of carboxylic acids is 2. The zero-order valence-electron chi connectivity index (χ0n) is 12.2. The Bertz CT molecular complexity index is 481. The molecule has 0 saturated carbocycles. The number of rotatable bonds is 6. The van der Waals surface area contributed by atoms with Crippen LogP contribution in [0.1, 0.15) is 58.9 Å². The van der Waals surface area contributed by atoms with Gasteiger partial charge in [0, 0.05) is 6.61 Å². The van der Waals surface area contributed by atoms with Gasteiger partial charge >= 0.3 is 11.9 Å². The molecule has 5 nitrogen and oxygen atoms in total. The molecule has 1 aromatic carbocycles. The summed E-state index contributed by atoms with van der Waals surface area (Å²) in [5, 5.41) is 25.6. The summed E-state index contributed by atoms with van der Waals surface area (Å²) in [7, 11) is 0. The monoisotopic (exact) mass is 300 g/mol. The van der Waals surface area contributed by atoms with Gasteiger partial charge in [0.2, 0.25) is 0 Å². The van der Waals surface area contributed by atoms with E-state index < -0.39 is 23.3 Å². The molecule has 0 aliphatic rings. The van der Waals surface area contributed by atoms with Crippen molar-refractivity contribution in [3.05, 3.63) is 34.6 Å². The number of aromatic carboxylic acids is 2. The maximum Gasteiger partial charge on any atom is 0.338 e. The molecule has 6 heteroatoms. The highest BCUT2D eigenvalue weighted by Gasteiger charge is 2.19. The lowest BCUT2D eigenvalue weighted by Crippen LogP contribution is -2.09. The first kappa shape index (κ1) is 19.1. The number of carboxylic acid groups (broad SMARTS) is 2. The summed E-state index contributed by atoms with van der Waals surface area (Å²) >= 11 is 0. The molecule has 0 radical (unpaired) electrons. The average Bonchev–Trinajstić information content (AvgIpc) is 2.39. The van der Waals surface area contributed by atoms with Gasteiger partial charge in [-0.2, -0.15) is 0 Å². The van der Waals surface area contributed by atoms with E-state index in [0.29, 0.717) is 6.61 Å². The third kappa shape index (κ3) is 6.35. The van der Waals surface area contributed by atoms with Crippen molar-refractivity contribution in [2.75, 3.05) is 6.61 Å². The molecule has 0 spiro atoms. The van der Waals surface area contributed by atoms with Crippen LogP contribution in [0.15, 0.2) is 12.1 Å². The van der Waals surface area contributed by atoms with Gasteiger partial charge < -0.3 is 15.3 Å². The van der Waals surface area contributed by atoms with Crippen LogP contribution >= 0.6 is 0 Å². The van der Waals surface area contributed by atoms with Crippen LogP contribution < -0.4 is 0 Å². The predicted octanol–water partition coefficient (Wildman–Crippen LogP) is 3.09. The first-order valence-corrected chi connectivity index (χ1v) is 6.73. The van der Waals surface area contributed by atoms with Gasteiger partial charge in [0.1, 0.15) is 5.82 Å². The second-order valence-electron chi connectivity index (χ2n) is 4.49. The molecule has 21 heavy (non-hydrogen) atoms. The van der Waals surface area contributed by atoms with Crippen LogP contribution in [0.2, 0.25) is 0 Å². The molecule has 0 aromatic heterocycles. The first-order valence-electron chi connectivity index (χ1n) is 6.73. The Labute approximate surface area is 123 Å². The van der Waals surface area contributed by atoms with Crippen molar-refractivity contribution in [2.45, 2.75) is 39.5 Å². The second-order valence-corrected chi connectivity index (χ2v) is 4.49. The fraction of sp³-hybridized carbons (Fsp3) is 0.467. The number of unbranched alkanes of at least 4 members (excludes halogenated alkanes) is 3. The maximum atomic E-state index is 13.0. The Kier molecular flexibility index (Phi) is 8.96. The number of halogens is 1. The van der Waals surface area contributed by atoms with Crippen LogP contribution in [-0.4, -0.2) is 33.9 Å². The van der Waals surface area contributed by atoms with Crippen LogP contribution in [0.25, 0.3) is 0 Å². The fourth-order valence-corrected chi connectivity index (χ4v) is 1.71. The SMILES string of the molecule is CCCCCCO.Cc1c(C(=O)O)ccc(F)c1C(=O)O. The molecule has 0 unspecified atom stereocenters. The van der Waals surface area contributed by atoms with Crippen LogP contribution in [0.5, 0.6) is 0 Å². The number of aliphatic hydroxyl groups excluding tert-OH is 1. The molecule has 0 atom stereocenters. The van der Waals surface area contributed by atoms with Crippen molar-refractivity contribution < 1.29 is 29.3 Å². The highest BCUT2D eigenvalue weighted by atomic mass is 19.1. The Balaban J connectivity index is 0.000000486. The third-order valence-corrected chi connectivity index (χ3v) is 2.87. The van der Waals surface area contributed by atoms with Crippen molar-refractivity contribution >= 4 is 11.9 Å². The summed E-state index contributed by atoms with van der Waals surface area (Å²) < 4.78 is 13.0. The fourth-order valence-electron chi connectivity index (χ4n) is 1.71. The van der Waals surface area contributed by atoms with Crippen LogP contribution in [0.4, 0.5) is 4.39 Å². The number of hydrogen-bond acceptors (Lipinski definition) is 3. The molecule has 118 valence electrons. The molecule has 0 aliphatic carbocycles. The van der Waals surface area contributed by atoms with E-state index in [9.17, 15) is 14.0 Å². The summed E-state index contributed by atoms with van der Waals surface area (Å²) in [5.74, 6) is -3.67. The number of hydrogen-bond donors (Lipinski definition) is 3. The minimum Gasteiger partial charge on any atom is -0.478 e. The van der Waals surface area contributed by atoms with Crippen molar-refractivity contribution in [3.63, 3.8) is 0 Å². The lowest BCUT2D eigenvalue weighted by atomic mass is 10.0. The zero-order valence-corrected chi connectivity index (χ0v) is 12.2. The summed E-state index contributed by atoms with van der Waals surface area (Å²) in [6, 6.07) is 1.87. The minimum atomic E-state index is -1.47. The quantitative estimate of drug-likeness (QED) is 0.702. The second kappa shape index (κ2) is 9.88. The van der Waals surface area contributed by atoms with E-state index >= 15 is 0 Å². The Morgan fingerprint density at radius 1 is 1.10 bits per heavy atom. The standard InChI is InChI=1S/C9H7FO4.C6H14O/c1-4-5(8(11)12)2-3-6(10)7(4)9(13)14;1-2-3-4-5-6-7/h2-3H,1H3,(H,11,12)(H,13,14);7H,2-6H2,1H3. The summed E-state index contributed by atoms with van der Waals surface area (Å²) in [6.45, 7) is 3.79. The molecule has 0 bridgehead atoms. The maximum absolute atomic E-state index is 13.0. The normalized spacial score (nSPS) is 9.71. The van der Waals surface area contributed by atoms with Gasteiger partial charge in [-0.25, -0.2) is 14.0 Å². The van der Waals surface area contributed by atoms with Crippen molar-refractivity contribution in [2.24, 2.45) is 0 Å². The predicted molar refractivity (Wildman–Crippen MR) is 76.3 cm³/mol. The Morgan fingerprint density at radius 3 is 2.14 bits per heavy atom. The molecule has 1 rings (SSSR count). The first-order chi connectivity index (χ1) is 9.86. The third-order valence-electron chi connectivity index (χ3n) is 2.87. The van der Waals surface area contributed by atoms with E-state index in [1.807, 2.05) is 0 Å². The van der Waals surface area contributed by atoms with E-state index in [0.717, 1.165) is 18.6 Å². The molecule has 3 N–H and O–H groups in total. The van der Waals surface area contributed by atoms with Gasteiger partial charge in [-0.15, -0.1) is 0 Å². The van der Waals surface area contributed by atoms with Crippen molar-refractivity contribution in [1.82, 2.24) is 0 Å². The Hall–Kier alpha value is -1.95. The van der Waals surface area contributed by atoms with Crippen LogP contribution in [-0.2, 0) is 0 Å². The molecule has 0 fully saturated rings. The topological polar surface area (TPSA) is 94.8 Å². The zero-order chi connectivity index (χ0) is 16.4. The molecule has 0 amide bonds. The van der Waals surface area contributed by atoms with E-state index in [-0.39, 0.29) is 11.1 Å². The van der Waals surface area contributed by atoms with Crippen LogP contribution in [0.3, 0.4) is 0 Å². The van der Waals surface area contributed by atoms with Crippen molar-refractivity contribution in [1.29, 1.82) is 0 Å². The molecule has 0 saturated heterocycles. The molecule has 1 aromatic rings. The van der Waals surface area contributed by atoms with Gasteiger partial charge in [0.25, 0.3) is 0 Å². The van der Waals surface area contributed by atoms with Crippen molar-refractivity contribution in [3.8, 4) is 0 Å². The summed E-state index contributed by atoms with van der Waals surface area (Å²) in [6.07, 6.45) is 4.68. The Morgan fingerprint density at radius 2 is 1.71 bits per heavy atom. The lowest BCUT2D eigenvalue weighted by molar-refractivity contribution is 0.0691. The van der Waals surface area contributed by atoms with Gasteiger partial charge in [0.15, 0.2) is 0 Å². The smallest absolute Gasteiger partial charge is 0.338 e. The molecular formula is C15H21FO5. The number of aliphatic hydroxyl groups is 1. The highest BCUT2D eigenvalue weighted by Crippen LogP contribution is 2.17. The van der Waals surface area contributed by atoms with Gasteiger partial charge in [-0.3, -0.25) is 0 Å². The van der Waals surface area contributed by atoms with E-state index in [1.165, 1.54) is 26.2 Å².